The first-order valence-corrected chi connectivity index (χ1v) is 7.23. The molecule has 1 aliphatic heterocycles. The summed E-state index contributed by atoms with van der Waals surface area (Å²) in [5, 5.41) is 8.91. The number of nitrogens with zero attached hydrogens (tertiary/aromatic N) is 2. The van der Waals surface area contributed by atoms with E-state index >= 15 is 0 Å². The zero-order chi connectivity index (χ0) is 15.1. The van der Waals surface area contributed by atoms with Crippen LogP contribution in [0.25, 0.3) is 0 Å². The Balaban J connectivity index is 2.54. The molecule has 1 rings (SSSR count). The third kappa shape index (κ3) is 5.77. The Morgan fingerprint density at radius 1 is 1.35 bits per heavy atom. The van der Waals surface area contributed by atoms with Crippen LogP contribution in [0.5, 0.6) is 0 Å². The molecule has 1 fully saturated rings. The predicted molar refractivity (Wildman–Crippen MR) is 75.7 cm³/mol. The number of carbonyl (C=O) groups is 2. The molecule has 0 bridgehead atoms. The Kier molecular flexibility index (Phi) is 6.78. The fourth-order valence-electron chi connectivity index (χ4n) is 2.39. The Hall–Kier alpha value is -1.30. The van der Waals surface area contributed by atoms with Crippen LogP contribution in [0.4, 0.5) is 4.79 Å². The highest BCUT2D eigenvalue weighted by atomic mass is 16.5. The van der Waals surface area contributed by atoms with Crippen molar-refractivity contribution in [1.82, 2.24) is 9.80 Å². The fourth-order valence-corrected chi connectivity index (χ4v) is 2.39. The minimum atomic E-state index is -0.985. The van der Waals surface area contributed by atoms with Gasteiger partial charge in [-0.25, -0.2) is 4.79 Å². The van der Waals surface area contributed by atoms with E-state index < -0.39 is 5.97 Å². The molecule has 0 aromatic heterocycles. The number of amides is 2. The van der Waals surface area contributed by atoms with E-state index in [-0.39, 0.29) is 24.6 Å². The van der Waals surface area contributed by atoms with E-state index in [0.717, 1.165) is 25.9 Å². The van der Waals surface area contributed by atoms with E-state index in [4.69, 9.17) is 9.84 Å². The summed E-state index contributed by atoms with van der Waals surface area (Å²) in [7, 11) is 1.70. The first kappa shape index (κ1) is 16.8. The van der Waals surface area contributed by atoms with Crippen molar-refractivity contribution in [3.05, 3.63) is 0 Å². The average molecular weight is 286 g/mol. The first-order valence-electron chi connectivity index (χ1n) is 7.23. The van der Waals surface area contributed by atoms with Crippen molar-refractivity contribution in [2.45, 2.75) is 39.2 Å². The summed E-state index contributed by atoms with van der Waals surface area (Å²) in [6.45, 7) is 5.39. The summed E-state index contributed by atoms with van der Waals surface area (Å²) in [6.07, 6.45) is 3.23. The average Bonchev–Trinajstić information content (AvgIpc) is 2.37. The molecule has 0 radical (unpaired) electrons. The lowest BCUT2D eigenvalue weighted by molar-refractivity contribution is -0.137. The van der Waals surface area contributed by atoms with Crippen molar-refractivity contribution in [3.8, 4) is 0 Å². The van der Waals surface area contributed by atoms with Gasteiger partial charge in [-0.1, -0.05) is 13.8 Å². The van der Waals surface area contributed by atoms with Gasteiger partial charge in [0.2, 0.25) is 0 Å². The topological polar surface area (TPSA) is 70.1 Å². The van der Waals surface area contributed by atoms with Crippen molar-refractivity contribution < 1.29 is 19.4 Å². The van der Waals surface area contributed by atoms with Crippen LogP contribution in [0.1, 0.15) is 33.1 Å². The van der Waals surface area contributed by atoms with E-state index in [1.807, 2.05) is 13.8 Å². The molecule has 6 nitrogen and oxygen atoms in total. The number of carboxylic acid groups (broad SMARTS) is 1. The summed E-state index contributed by atoms with van der Waals surface area (Å²) >= 11 is 0. The van der Waals surface area contributed by atoms with Gasteiger partial charge in [0.25, 0.3) is 0 Å². The number of rotatable bonds is 6. The highest BCUT2D eigenvalue weighted by Gasteiger charge is 2.24. The molecule has 1 atom stereocenters. The maximum atomic E-state index is 12.3. The zero-order valence-electron chi connectivity index (χ0n) is 12.7. The van der Waals surface area contributed by atoms with Crippen molar-refractivity contribution in [2.75, 3.05) is 33.3 Å². The molecule has 1 aliphatic rings. The molecule has 2 amide bonds. The minimum absolute atomic E-state index is 0.0726. The van der Waals surface area contributed by atoms with Crippen LogP contribution >= 0.6 is 0 Å². The zero-order valence-corrected chi connectivity index (χ0v) is 12.7. The Morgan fingerprint density at radius 2 is 2.05 bits per heavy atom. The number of aliphatic carboxylic acids is 1. The molecule has 1 heterocycles. The molecule has 116 valence electrons. The van der Waals surface area contributed by atoms with Crippen LogP contribution in [-0.4, -0.2) is 66.3 Å². The number of likely N-dealkylation sites (N-methyl/N-ethyl adjacent to an activating group) is 1. The molecule has 1 N–H and O–H groups in total. The first-order chi connectivity index (χ1) is 9.40. The largest absolute Gasteiger partial charge is 0.480 e. The molecule has 1 unspecified atom stereocenters. The van der Waals surface area contributed by atoms with Gasteiger partial charge in [-0.2, -0.15) is 0 Å². The summed E-state index contributed by atoms with van der Waals surface area (Å²) in [5.41, 5.74) is 0. The third-order valence-corrected chi connectivity index (χ3v) is 3.26. The number of urea groups is 1. The molecule has 0 aromatic rings. The second-order valence-electron chi connectivity index (χ2n) is 5.82. The third-order valence-electron chi connectivity index (χ3n) is 3.26. The van der Waals surface area contributed by atoms with Crippen LogP contribution in [0.3, 0.4) is 0 Å². The smallest absolute Gasteiger partial charge is 0.323 e. The van der Waals surface area contributed by atoms with Gasteiger partial charge in [-0.05, 0) is 25.2 Å². The summed E-state index contributed by atoms with van der Waals surface area (Å²) in [4.78, 5) is 26.1. The van der Waals surface area contributed by atoms with Gasteiger partial charge in [-0.15, -0.1) is 0 Å². The van der Waals surface area contributed by atoms with Crippen LogP contribution in [0.2, 0.25) is 0 Å². The second-order valence-corrected chi connectivity index (χ2v) is 5.82. The SMILES string of the molecule is CC(C)CN(CC(=O)O)C(=O)N(C)CC1CCCCO1. The minimum Gasteiger partial charge on any atom is -0.480 e. The maximum absolute atomic E-state index is 12.3. The van der Waals surface area contributed by atoms with Crippen molar-refractivity contribution >= 4 is 12.0 Å². The van der Waals surface area contributed by atoms with E-state index in [2.05, 4.69) is 0 Å². The van der Waals surface area contributed by atoms with E-state index in [1.54, 1.807) is 11.9 Å². The molecule has 0 spiro atoms. The summed E-state index contributed by atoms with van der Waals surface area (Å²) < 4.78 is 5.61. The Bertz CT molecular complexity index is 327. The number of hydrogen-bond donors (Lipinski definition) is 1. The molecule has 20 heavy (non-hydrogen) atoms. The van der Waals surface area contributed by atoms with Gasteiger partial charge in [0, 0.05) is 26.7 Å². The van der Waals surface area contributed by atoms with E-state index in [9.17, 15) is 9.59 Å². The normalized spacial score (nSPS) is 18.9. The predicted octanol–water partition coefficient (Wildman–Crippen LogP) is 1.65. The van der Waals surface area contributed by atoms with Crippen molar-refractivity contribution in [2.24, 2.45) is 5.92 Å². The van der Waals surface area contributed by atoms with E-state index in [1.165, 1.54) is 4.90 Å². The lowest BCUT2D eigenvalue weighted by atomic mass is 10.1. The van der Waals surface area contributed by atoms with E-state index in [0.29, 0.717) is 13.1 Å². The van der Waals surface area contributed by atoms with Crippen LogP contribution < -0.4 is 0 Å². The van der Waals surface area contributed by atoms with Gasteiger partial charge < -0.3 is 19.6 Å². The van der Waals surface area contributed by atoms with Gasteiger partial charge in [-0.3, -0.25) is 4.79 Å². The molecule has 1 saturated heterocycles. The van der Waals surface area contributed by atoms with Crippen LogP contribution in [-0.2, 0) is 9.53 Å². The Morgan fingerprint density at radius 3 is 2.55 bits per heavy atom. The Labute approximate surface area is 120 Å². The molecular formula is C14H26N2O4. The van der Waals surface area contributed by atoms with Gasteiger partial charge in [0.05, 0.1) is 6.10 Å². The van der Waals surface area contributed by atoms with Gasteiger partial charge >= 0.3 is 12.0 Å². The van der Waals surface area contributed by atoms with Gasteiger partial charge in [0.1, 0.15) is 6.54 Å². The fraction of sp³-hybridized carbons (Fsp3) is 0.857. The number of carbonyl (C=O) groups excluding carboxylic acids is 1. The highest BCUT2D eigenvalue weighted by Crippen LogP contribution is 2.14. The standard InChI is InChI=1S/C14H26N2O4/c1-11(2)8-16(10-13(17)18)14(19)15(3)9-12-6-4-5-7-20-12/h11-12H,4-10H2,1-3H3,(H,17,18). The molecule has 0 saturated carbocycles. The number of carboxylic acids is 1. The van der Waals surface area contributed by atoms with Gasteiger partial charge in [0.15, 0.2) is 0 Å². The molecule has 6 heteroatoms. The maximum Gasteiger partial charge on any atom is 0.323 e. The summed E-state index contributed by atoms with van der Waals surface area (Å²) in [6, 6.07) is -0.240. The molecular weight excluding hydrogens is 260 g/mol. The lowest BCUT2D eigenvalue weighted by Gasteiger charge is -2.31. The number of ether oxygens (including phenoxy) is 1. The van der Waals surface area contributed by atoms with Crippen molar-refractivity contribution in [3.63, 3.8) is 0 Å². The lowest BCUT2D eigenvalue weighted by Crippen LogP contribution is -2.47. The molecule has 0 aromatic carbocycles. The summed E-state index contributed by atoms with van der Waals surface area (Å²) in [5.74, 6) is -0.751. The number of hydrogen-bond acceptors (Lipinski definition) is 3. The van der Waals surface area contributed by atoms with Crippen molar-refractivity contribution in [1.29, 1.82) is 0 Å². The van der Waals surface area contributed by atoms with Crippen LogP contribution in [0, 0.1) is 5.92 Å². The highest BCUT2D eigenvalue weighted by molar-refractivity contribution is 5.80. The molecule has 0 aliphatic carbocycles. The second kappa shape index (κ2) is 8.09. The quantitative estimate of drug-likeness (QED) is 0.806. The monoisotopic (exact) mass is 286 g/mol. The van der Waals surface area contributed by atoms with Crippen LogP contribution in [0.15, 0.2) is 0 Å².